The molecule has 0 spiro atoms. The average molecular weight is 279 g/mol. The molecule has 1 aliphatic carbocycles. The van der Waals surface area contributed by atoms with Crippen molar-refractivity contribution >= 4 is 23.3 Å². The maximum absolute atomic E-state index is 11.2. The average Bonchev–Trinajstić information content (AvgIpc) is 3.19. The van der Waals surface area contributed by atoms with Gasteiger partial charge >= 0.3 is 5.97 Å². The third-order valence-electron chi connectivity index (χ3n) is 3.38. The van der Waals surface area contributed by atoms with E-state index in [1.165, 1.54) is 0 Å². The molecule has 1 aromatic rings. The van der Waals surface area contributed by atoms with Gasteiger partial charge in [-0.25, -0.2) is 4.79 Å². The number of nitrogens with zero attached hydrogens (tertiary/aromatic N) is 2. The first-order valence-corrected chi connectivity index (χ1v) is 6.60. The standard InChI is InChI=1S/C14H15ClN2O2/c1-9(14(18)19)17(8-10-2-3-10)12-5-4-11(7-16)13(15)6-12/h4-6,9-10H,2-3,8H2,1H3,(H,18,19)/t9-/m0/s1. The number of benzene rings is 1. The Morgan fingerprint density at radius 2 is 2.32 bits per heavy atom. The molecule has 0 aliphatic heterocycles. The Balaban J connectivity index is 2.29. The van der Waals surface area contributed by atoms with Crippen LogP contribution in [0.4, 0.5) is 5.69 Å². The number of anilines is 1. The van der Waals surface area contributed by atoms with Crippen molar-refractivity contribution in [2.45, 2.75) is 25.8 Å². The second-order valence-electron chi connectivity index (χ2n) is 4.89. The van der Waals surface area contributed by atoms with Gasteiger partial charge in [-0.15, -0.1) is 0 Å². The van der Waals surface area contributed by atoms with Crippen LogP contribution in [0, 0.1) is 17.2 Å². The minimum atomic E-state index is -0.860. The summed E-state index contributed by atoms with van der Waals surface area (Å²) in [4.78, 5) is 13.0. The fourth-order valence-electron chi connectivity index (χ4n) is 1.97. The van der Waals surface area contributed by atoms with Crippen molar-refractivity contribution in [3.05, 3.63) is 28.8 Å². The lowest BCUT2D eigenvalue weighted by Crippen LogP contribution is -2.40. The molecule has 0 bridgehead atoms. The van der Waals surface area contributed by atoms with Crippen LogP contribution in [0.25, 0.3) is 0 Å². The summed E-state index contributed by atoms with van der Waals surface area (Å²) in [6.45, 7) is 2.38. The first-order chi connectivity index (χ1) is 9.02. The molecule has 1 atom stereocenters. The number of hydrogen-bond donors (Lipinski definition) is 1. The minimum absolute atomic E-state index is 0.360. The van der Waals surface area contributed by atoms with Gasteiger partial charge in [0, 0.05) is 12.2 Å². The highest BCUT2D eigenvalue weighted by Gasteiger charge is 2.29. The van der Waals surface area contributed by atoms with E-state index in [2.05, 4.69) is 0 Å². The largest absolute Gasteiger partial charge is 0.480 e. The van der Waals surface area contributed by atoms with Crippen LogP contribution >= 0.6 is 11.6 Å². The summed E-state index contributed by atoms with van der Waals surface area (Å²) in [5.41, 5.74) is 1.16. The molecule has 0 saturated heterocycles. The van der Waals surface area contributed by atoms with Crippen molar-refractivity contribution in [3.63, 3.8) is 0 Å². The fourth-order valence-corrected chi connectivity index (χ4v) is 2.19. The number of halogens is 1. The van der Waals surface area contributed by atoms with Gasteiger partial charge in [-0.1, -0.05) is 11.6 Å². The monoisotopic (exact) mass is 278 g/mol. The first kappa shape index (κ1) is 13.7. The SMILES string of the molecule is C[C@@H](C(=O)O)N(CC1CC1)c1ccc(C#N)c(Cl)c1. The van der Waals surface area contributed by atoms with Gasteiger partial charge in [-0.2, -0.15) is 5.26 Å². The van der Waals surface area contributed by atoms with E-state index >= 15 is 0 Å². The van der Waals surface area contributed by atoms with Gasteiger partial charge < -0.3 is 10.0 Å². The van der Waals surface area contributed by atoms with Crippen LogP contribution in [0.2, 0.25) is 5.02 Å². The lowest BCUT2D eigenvalue weighted by atomic mass is 10.1. The highest BCUT2D eigenvalue weighted by molar-refractivity contribution is 6.32. The molecule has 1 N–H and O–H groups in total. The van der Waals surface area contributed by atoms with Crippen molar-refractivity contribution in [2.75, 3.05) is 11.4 Å². The number of hydrogen-bond acceptors (Lipinski definition) is 3. The Bertz CT molecular complexity index is 535. The van der Waals surface area contributed by atoms with E-state index in [-0.39, 0.29) is 0 Å². The maximum Gasteiger partial charge on any atom is 0.326 e. The number of carboxylic acid groups (broad SMARTS) is 1. The minimum Gasteiger partial charge on any atom is -0.480 e. The molecule has 2 rings (SSSR count). The van der Waals surface area contributed by atoms with Gasteiger partial charge in [0.05, 0.1) is 10.6 Å². The maximum atomic E-state index is 11.2. The van der Waals surface area contributed by atoms with Crippen LogP contribution in [0.5, 0.6) is 0 Å². The lowest BCUT2D eigenvalue weighted by molar-refractivity contribution is -0.138. The van der Waals surface area contributed by atoms with Gasteiger partial charge in [-0.3, -0.25) is 0 Å². The molecule has 19 heavy (non-hydrogen) atoms. The van der Waals surface area contributed by atoms with Gasteiger partial charge in [0.25, 0.3) is 0 Å². The van der Waals surface area contributed by atoms with Crippen LogP contribution in [0.3, 0.4) is 0 Å². The Morgan fingerprint density at radius 1 is 1.63 bits per heavy atom. The Hall–Kier alpha value is -1.73. The fraction of sp³-hybridized carbons (Fsp3) is 0.429. The van der Waals surface area contributed by atoms with E-state index in [1.54, 1.807) is 25.1 Å². The topological polar surface area (TPSA) is 64.3 Å². The van der Waals surface area contributed by atoms with Crippen LogP contribution in [0.15, 0.2) is 18.2 Å². The molecule has 1 fully saturated rings. The molecule has 4 nitrogen and oxygen atoms in total. The zero-order valence-corrected chi connectivity index (χ0v) is 11.4. The van der Waals surface area contributed by atoms with Crippen LogP contribution in [0.1, 0.15) is 25.3 Å². The molecular weight excluding hydrogens is 264 g/mol. The molecular formula is C14H15ClN2O2. The summed E-state index contributed by atoms with van der Waals surface area (Å²) in [7, 11) is 0. The third kappa shape index (κ3) is 3.18. The number of nitriles is 1. The van der Waals surface area contributed by atoms with Gasteiger partial charge in [0.2, 0.25) is 0 Å². The van der Waals surface area contributed by atoms with Gasteiger partial charge in [0.15, 0.2) is 0 Å². The summed E-state index contributed by atoms with van der Waals surface area (Å²) in [6.07, 6.45) is 2.29. The molecule has 0 radical (unpaired) electrons. The molecule has 1 aliphatic rings. The first-order valence-electron chi connectivity index (χ1n) is 6.22. The van der Waals surface area contributed by atoms with E-state index in [9.17, 15) is 9.90 Å². The second-order valence-corrected chi connectivity index (χ2v) is 5.29. The van der Waals surface area contributed by atoms with Crippen molar-refractivity contribution in [2.24, 2.45) is 5.92 Å². The highest BCUT2D eigenvalue weighted by Crippen LogP contribution is 2.33. The quantitative estimate of drug-likeness (QED) is 0.899. The molecule has 1 saturated carbocycles. The van der Waals surface area contributed by atoms with E-state index in [0.29, 0.717) is 16.5 Å². The normalized spacial score (nSPS) is 15.6. The number of rotatable bonds is 5. The Labute approximate surface area is 117 Å². The van der Waals surface area contributed by atoms with Crippen molar-refractivity contribution < 1.29 is 9.90 Å². The molecule has 0 unspecified atom stereocenters. The Kier molecular flexibility index (Phi) is 3.96. The summed E-state index contributed by atoms with van der Waals surface area (Å²) in [6, 6.07) is 6.45. The highest BCUT2D eigenvalue weighted by atomic mass is 35.5. The summed E-state index contributed by atoms with van der Waals surface area (Å²) < 4.78 is 0. The molecule has 0 amide bonds. The number of carboxylic acids is 1. The predicted octanol–water partition coefficient (Wildman–Crippen LogP) is 2.90. The lowest BCUT2D eigenvalue weighted by Gasteiger charge is -2.29. The van der Waals surface area contributed by atoms with E-state index in [4.69, 9.17) is 16.9 Å². The van der Waals surface area contributed by atoms with Crippen LogP contribution in [-0.2, 0) is 4.79 Å². The molecule has 1 aromatic carbocycles. The number of carbonyl (C=O) groups is 1. The zero-order valence-electron chi connectivity index (χ0n) is 10.6. The van der Waals surface area contributed by atoms with Crippen molar-refractivity contribution in [1.29, 1.82) is 5.26 Å². The Morgan fingerprint density at radius 3 is 2.79 bits per heavy atom. The molecule has 0 heterocycles. The van der Waals surface area contributed by atoms with Crippen molar-refractivity contribution in [1.82, 2.24) is 0 Å². The third-order valence-corrected chi connectivity index (χ3v) is 3.69. The molecule has 0 aromatic heterocycles. The van der Waals surface area contributed by atoms with Gasteiger partial charge in [-0.05, 0) is 43.9 Å². The molecule has 100 valence electrons. The molecule has 5 heteroatoms. The van der Waals surface area contributed by atoms with Gasteiger partial charge in [0.1, 0.15) is 12.1 Å². The zero-order chi connectivity index (χ0) is 14.0. The van der Waals surface area contributed by atoms with E-state index in [0.717, 1.165) is 25.1 Å². The summed E-state index contributed by atoms with van der Waals surface area (Å²) >= 11 is 6.01. The van der Waals surface area contributed by atoms with E-state index < -0.39 is 12.0 Å². The van der Waals surface area contributed by atoms with Crippen molar-refractivity contribution in [3.8, 4) is 6.07 Å². The predicted molar refractivity (Wildman–Crippen MR) is 73.3 cm³/mol. The van der Waals surface area contributed by atoms with Crippen LogP contribution in [-0.4, -0.2) is 23.7 Å². The summed E-state index contributed by atoms with van der Waals surface area (Å²) in [5, 5.41) is 18.4. The van der Waals surface area contributed by atoms with E-state index in [1.807, 2.05) is 11.0 Å². The van der Waals surface area contributed by atoms with Crippen LogP contribution < -0.4 is 4.90 Å². The number of aliphatic carboxylic acids is 1. The summed E-state index contributed by atoms with van der Waals surface area (Å²) in [5.74, 6) is -0.294. The second kappa shape index (κ2) is 5.50. The smallest absolute Gasteiger partial charge is 0.326 e.